The maximum atomic E-state index is 10.4. The maximum Gasteiger partial charge on any atom is 0.320 e. The third-order valence-electron chi connectivity index (χ3n) is 1.76. The molecule has 0 saturated heterocycles. The summed E-state index contributed by atoms with van der Waals surface area (Å²) in [6, 6.07) is 2.95. The SMILES string of the molecule is NC(CCSCc1ccc(Br)o1)C(=O)O. The first-order valence-corrected chi connectivity index (χ1v) is 6.34. The summed E-state index contributed by atoms with van der Waals surface area (Å²) in [6.45, 7) is 0. The van der Waals surface area contributed by atoms with E-state index in [0.29, 0.717) is 16.8 Å². The molecular formula is C9H12BrNO3S. The van der Waals surface area contributed by atoms with Gasteiger partial charge < -0.3 is 15.3 Å². The summed E-state index contributed by atoms with van der Waals surface area (Å²) in [5.74, 6) is 1.37. The highest BCUT2D eigenvalue weighted by Gasteiger charge is 2.10. The van der Waals surface area contributed by atoms with Crippen LogP contribution in [-0.2, 0) is 10.5 Å². The molecule has 0 amide bonds. The van der Waals surface area contributed by atoms with Gasteiger partial charge in [-0.1, -0.05) is 0 Å². The van der Waals surface area contributed by atoms with E-state index >= 15 is 0 Å². The Bertz CT molecular complexity index is 329. The predicted octanol–water partition coefficient (Wildman–Crippen LogP) is 2.08. The second-order valence-electron chi connectivity index (χ2n) is 2.99. The largest absolute Gasteiger partial charge is 0.480 e. The lowest BCUT2D eigenvalue weighted by molar-refractivity contribution is -0.138. The third-order valence-corrected chi connectivity index (χ3v) is 3.20. The van der Waals surface area contributed by atoms with E-state index in [4.69, 9.17) is 15.3 Å². The molecular weight excluding hydrogens is 282 g/mol. The van der Waals surface area contributed by atoms with Crippen molar-refractivity contribution in [1.29, 1.82) is 0 Å². The molecule has 1 heterocycles. The van der Waals surface area contributed by atoms with Gasteiger partial charge in [0, 0.05) is 0 Å². The molecule has 1 aromatic heterocycles. The number of nitrogens with two attached hydrogens (primary N) is 1. The van der Waals surface area contributed by atoms with Crippen molar-refractivity contribution in [2.45, 2.75) is 18.2 Å². The van der Waals surface area contributed by atoms with Crippen molar-refractivity contribution in [3.05, 3.63) is 22.6 Å². The first-order valence-electron chi connectivity index (χ1n) is 4.40. The molecule has 0 bridgehead atoms. The molecule has 6 heteroatoms. The molecule has 1 aromatic rings. The van der Waals surface area contributed by atoms with Crippen LogP contribution in [0.4, 0.5) is 0 Å². The van der Waals surface area contributed by atoms with Crippen molar-refractivity contribution in [3.8, 4) is 0 Å². The lowest BCUT2D eigenvalue weighted by Gasteiger charge is -2.04. The van der Waals surface area contributed by atoms with Gasteiger partial charge in [-0.3, -0.25) is 4.79 Å². The molecule has 0 fully saturated rings. The molecule has 0 aliphatic rings. The van der Waals surface area contributed by atoms with E-state index in [0.717, 1.165) is 11.5 Å². The summed E-state index contributed by atoms with van der Waals surface area (Å²) >= 11 is 4.82. The summed E-state index contributed by atoms with van der Waals surface area (Å²) in [5.41, 5.74) is 5.36. The lowest BCUT2D eigenvalue weighted by Crippen LogP contribution is -2.30. The second-order valence-corrected chi connectivity index (χ2v) is 4.88. The number of carboxylic acids is 1. The Morgan fingerprint density at radius 1 is 1.67 bits per heavy atom. The van der Waals surface area contributed by atoms with Gasteiger partial charge in [0.05, 0.1) is 5.75 Å². The third kappa shape index (κ3) is 4.72. The standard InChI is InChI=1S/C9H12BrNO3S/c10-8-2-1-6(14-8)5-15-4-3-7(11)9(12)13/h1-2,7H,3-5,11H2,(H,12,13). The molecule has 1 unspecified atom stereocenters. The van der Waals surface area contributed by atoms with Gasteiger partial charge in [-0.2, -0.15) is 11.8 Å². The van der Waals surface area contributed by atoms with Gasteiger partial charge in [-0.05, 0) is 40.2 Å². The fraction of sp³-hybridized carbons (Fsp3) is 0.444. The van der Waals surface area contributed by atoms with Crippen molar-refractivity contribution in [3.63, 3.8) is 0 Å². The molecule has 4 nitrogen and oxygen atoms in total. The van der Waals surface area contributed by atoms with Crippen LogP contribution in [0.15, 0.2) is 21.2 Å². The van der Waals surface area contributed by atoms with E-state index < -0.39 is 12.0 Å². The summed E-state index contributed by atoms with van der Waals surface area (Å²) in [6.07, 6.45) is 0.474. The van der Waals surface area contributed by atoms with Crippen molar-refractivity contribution in [2.24, 2.45) is 5.73 Å². The summed E-state index contributed by atoms with van der Waals surface area (Å²) < 4.78 is 5.99. The van der Waals surface area contributed by atoms with Crippen LogP contribution in [0.5, 0.6) is 0 Å². The van der Waals surface area contributed by atoms with Gasteiger partial charge in [0.2, 0.25) is 0 Å². The fourth-order valence-electron chi connectivity index (χ4n) is 0.936. The van der Waals surface area contributed by atoms with Gasteiger partial charge >= 0.3 is 5.97 Å². The Kier molecular flexibility index (Phi) is 5.21. The zero-order chi connectivity index (χ0) is 11.3. The molecule has 0 aliphatic heterocycles. The molecule has 0 aliphatic carbocycles. The molecule has 3 N–H and O–H groups in total. The lowest BCUT2D eigenvalue weighted by atomic mass is 10.2. The Hall–Kier alpha value is -0.460. The van der Waals surface area contributed by atoms with Gasteiger partial charge in [0.25, 0.3) is 0 Å². The van der Waals surface area contributed by atoms with E-state index in [-0.39, 0.29) is 0 Å². The van der Waals surface area contributed by atoms with Gasteiger partial charge in [-0.15, -0.1) is 0 Å². The number of hydrogen-bond donors (Lipinski definition) is 2. The Morgan fingerprint density at radius 2 is 2.40 bits per heavy atom. The number of aliphatic carboxylic acids is 1. The molecule has 84 valence electrons. The molecule has 1 atom stereocenters. The number of furan rings is 1. The normalized spacial score (nSPS) is 12.7. The summed E-state index contributed by atoms with van der Waals surface area (Å²) in [5, 5.41) is 8.54. The van der Waals surface area contributed by atoms with E-state index in [1.807, 2.05) is 12.1 Å². The number of carbonyl (C=O) groups is 1. The minimum Gasteiger partial charge on any atom is -0.480 e. The average Bonchev–Trinajstić information content (AvgIpc) is 2.58. The Morgan fingerprint density at radius 3 is 2.93 bits per heavy atom. The van der Waals surface area contributed by atoms with E-state index in [9.17, 15) is 4.79 Å². The second kappa shape index (κ2) is 6.19. The summed E-state index contributed by atoms with van der Waals surface area (Å²) in [7, 11) is 0. The van der Waals surface area contributed by atoms with Crippen molar-refractivity contribution < 1.29 is 14.3 Å². The van der Waals surface area contributed by atoms with Crippen LogP contribution in [0.25, 0.3) is 0 Å². The van der Waals surface area contributed by atoms with Crippen molar-refractivity contribution in [1.82, 2.24) is 0 Å². The number of halogens is 1. The van der Waals surface area contributed by atoms with Gasteiger partial charge in [0.15, 0.2) is 4.67 Å². The topological polar surface area (TPSA) is 76.5 Å². The van der Waals surface area contributed by atoms with E-state index in [1.54, 1.807) is 11.8 Å². The number of carboxylic acid groups (broad SMARTS) is 1. The number of hydrogen-bond acceptors (Lipinski definition) is 4. The average molecular weight is 294 g/mol. The zero-order valence-corrected chi connectivity index (χ0v) is 10.4. The highest BCUT2D eigenvalue weighted by atomic mass is 79.9. The van der Waals surface area contributed by atoms with Crippen LogP contribution >= 0.6 is 27.7 Å². The first-order chi connectivity index (χ1) is 7.09. The van der Waals surface area contributed by atoms with Crippen molar-refractivity contribution >= 4 is 33.7 Å². The summed E-state index contributed by atoms with van der Waals surface area (Å²) in [4.78, 5) is 10.4. The fourth-order valence-corrected chi connectivity index (χ4v) is 2.20. The van der Waals surface area contributed by atoms with Crippen LogP contribution in [-0.4, -0.2) is 22.9 Å². The highest BCUT2D eigenvalue weighted by Crippen LogP contribution is 2.19. The zero-order valence-electron chi connectivity index (χ0n) is 7.98. The molecule has 1 rings (SSSR count). The van der Waals surface area contributed by atoms with Crippen LogP contribution in [0.3, 0.4) is 0 Å². The van der Waals surface area contributed by atoms with Crippen LogP contribution in [0.2, 0.25) is 0 Å². The molecule has 0 spiro atoms. The number of rotatable bonds is 6. The van der Waals surface area contributed by atoms with E-state index in [1.165, 1.54) is 0 Å². The monoisotopic (exact) mass is 293 g/mol. The highest BCUT2D eigenvalue weighted by molar-refractivity contribution is 9.10. The predicted molar refractivity (Wildman–Crippen MR) is 62.8 cm³/mol. The molecule has 0 saturated carbocycles. The maximum absolute atomic E-state index is 10.4. The van der Waals surface area contributed by atoms with Crippen LogP contribution < -0.4 is 5.73 Å². The Labute approximate surface area is 100 Å². The van der Waals surface area contributed by atoms with Crippen LogP contribution in [0.1, 0.15) is 12.2 Å². The van der Waals surface area contributed by atoms with E-state index in [2.05, 4.69) is 15.9 Å². The van der Waals surface area contributed by atoms with Crippen LogP contribution in [0, 0.1) is 0 Å². The Balaban J connectivity index is 2.14. The molecule has 0 aromatic carbocycles. The number of thioether (sulfide) groups is 1. The molecule has 0 radical (unpaired) electrons. The molecule has 15 heavy (non-hydrogen) atoms. The van der Waals surface area contributed by atoms with Gasteiger partial charge in [0.1, 0.15) is 11.8 Å². The first kappa shape index (κ1) is 12.6. The van der Waals surface area contributed by atoms with Crippen molar-refractivity contribution in [2.75, 3.05) is 5.75 Å². The smallest absolute Gasteiger partial charge is 0.320 e. The minimum atomic E-state index is -0.948. The van der Waals surface area contributed by atoms with Gasteiger partial charge in [-0.25, -0.2) is 0 Å². The minimum absolute atomic E-state index is 0.474. The quantitative estimate of drug-likeness (QED) is 0.785.